The number of hydrogen-bond acceptors (Lipinski definition) is 10. The standard InChI is InChI=1S/C19H16N8O5/c1-31-17-11(5-4-8-14(17)27(29)30)9-21-23-15(28)10-26-13-7-3-2-6-12(13)22-19(26)16-18(20)25-32-24-16/h2-9H,10H2,1H3,(H2,20,25)(H,23,28)/b21-9-. The topological polar surface area (TPSA) is 177 Å². The lowest BCUT2D eigenvalue weighted by Crippen LogP contribution is -2.23. The SMILES string of the molecule is COc1c(/C=N\NC(=O)Cn2c(-c3nonc3N)nc3ccccc32)cccc1[N+](=O)[O-]. The third-order valence-corrected chi connectivity index (χ3v) is 4.50. The summed E-state index contributed by atoms with van der Waals surface area (Å²) < 4.78 is 11.4. The van der Waals surface area contributed by atoms with Crippen molar-refractivity contribution in [3.63, 3.8) is 0 Å². The number of carbonyl (C=O) groups is 1. The van der Waals surface area contributed by atoms with Gasteiger partial charge in [-0.3, -0.25) is 14.9 Å². The molecule has 0 atom stereocenters. The Morgan fingerprint density at radius 1 is 1.31 bits per heavy atom. The van der Waals surface area contributed by atoms with E-state index in [2.05, 4.69) is 30.5 Å². The van der Waals surface area contributed by atoms with Crippen molar-refractivity contribution in [1.82, 2.24) is 25.3 Å². The summed E-state index contributed by atoms with van der Waals surface area (Å²) in [5, 5.41) is 22.3. The molecule has 4 rings (SSSR count). The zero-order valence-corrected chi connectivity index (χ0v) is 16.6. The van der Waals surface area contributed by atoms with Gasteiger partial charge in [-0.2, -0.15) is 5.10 Å². The van der Waals surface area contributed by atoms with E-state index in [0.29, 0.717) is 22.4 Å². The third-order valence-electron chi connectivity index (χ3n) is 4.50. The third kappa shape index (κ3) is 3.81. The van der Waals surface area contributed by atoms with Crippen molar-refractivity contribution in [3.05, 3.63) is 58.1 Å². The zero-order valence-electron chi connectivity index (χ0n) is 16.6. The maximum Gasteiger partial charge on any atom is 0.311 e. The number of imidazole rings is 1. The van der Waals surface area contributed by atoms with E-state index in [1.807, 2.05) is 6.07 Å². The average molecular weight is 436 g/mol. The second-order valence-corrected chi connectivity index (χ2v) is 6.46. The molecule has 13 heteroatoms. The number of nitrogens with zero attached hydrogens (tertiary/aromatic N) is 6. The lowest BCUT2D eigenvalue weighted by Gasteiger charge is -2.07. The van der Waals surface area contributed by atoms with E-state index >= 15 is 0 Å². The Balaban J connectivity index is 1.58. The monoisotopic (exact) mass is 436 g/mol. The van der Waals surface area contributed by atoms with Crippen LogP contribution in [0.15, 0.2) is 52.2 Å². The van der Waals surface area contributed by atoms with Crippen LogP contribution in [0, 0.1) is 10.1 Å². The van der Waals surface area contributed by atoms with E-state index in [9.17, 15) is 14.9 Å². The van der Waals surface area contributed by atoms with Crippen LogP contribution < -0.4 is 15.9 Å². The minimum absolute atomic E-state index is 0.0346. The van der Waals surface area contributed by atoms with E-state index in [1.165, 1.54) is 25.5 Å². The molecule has 4 aromatic rings. The molecular weight excluding hydrogens is 420 g/mol. The Morgan fingerprint density at radius 3 is 2.84 bits per heavy atom. The van der Waals surface area contributed by atoms with Gasteiger partial charge in [0, 0.05) is 11.6 Å². The molecule has 2 heterocycles. The van der Waals surface area contributed by atoms with E-state index in [4.69, 9.17) is 10.5 Å². The molecule has 2 aromatic heterocycles. The van der Waals surface area contributed by atoms with E-state index in [1.54, 1.807) is 28.8 Å². The minimum Gasteiger partial charge on any atom is -0.490 e. The molecule has 162 valence electrons. The molecule has 0 spiro atoms. The minimum atomic E-state index is -0.565. The first-order valence-electron chi connectivity index (χ1n) is 9.16. The van der Waals surface area contributed by atoms with Crippen LogP contribution in [0.1, 0.15) is 5.56 Å². The maximum absolute atomic E-state index is 12.6. The number of amides is 1. The smallest absolute Gasteiger partial charge is 0.311 e. The summed E-state index contributed by atoms with van der Waals surface area (Å²) >= 11 is 0. The number of nitrogens with two attached hydrogens (primary N) is 1. The van der Waals surface area contributed by atoms with Crippen molar-refractivity contribution in [3.8, 4) is 17.3 Å². The van der Waals surface area contributed by atoms with Gasteiger partial charge in [0.15, 0.2) is 17.3 Å². The molecule has 0 bridgehead atoms. The number of fused-ring (bicyclic) bond motifs is 1. The van der Waals surface area contributed by atoms with Crippen LogP contribution in [0.3, 0.4) is 0 Å². The summed E-state index contributed by atoms with van der Waals surface area (Å²) in [6.07, 6.45) is 1.26. The molecule has 13 nitrogen and oxygen atoms in total. The van der Waals surface area contributed by atoms with Gasteiger partial charge in [-0.1, -0.05) is 18.2 Å². The molecule has 0 aliphatic carbocycles. The number of para-hydroxylation sites is 3. The van der Waals surface area contributed by atoms with Crippen molar-refractivity contribution in [2.75, 3.05) is 12.8 Å². The second-order valence-electron chi connectivity index (χ2n) is 6.46. The molecule has 0 aliphatic rings. The van der Waals surface area contributed by atoms with Crippen LogP contribution >= 0.6 is 0 Å². The zero-order chi connectivity index (χ0) is 22.7. The van der Waals surface area contributed by atoms with Crippen molar-refractivity contribution < 1.29 is 19.1 Å². The van der Waals surface area contributed by atoms with Gasteiger partial charge in [0.1, 0.15) is 6.54 Å². The molecule has 0 unspecified atom stereocenters. The van der Waals surface area contributed by atoms with Gasteiger partial charge >= 0.3 is 5.69 Å². The van der Waals surface area contributed by atoms with Crippen molar-refractivity contribution in [2.24, 2.45) is 5.10 Å². The molecule has 0 radical (unpaired) electrons. The van der Waals surface area contributed by atoms with Gasteiger partial charge in [-0.25, -0.2) is 15.0 Å². The molecule has 0 fully saturated rings. The van der Waals surface area contributed by atoms with E-state index < -0.39 is 10.8 Å². The second kappa shape index (κ2) is 8.51. The highest BCUT2D eigenvalue weighted by Crippen LogP contribution is 2.29. The number of rotatable bonds is 7. The Labute approximate surface area is 179 Å². The quantitative estimate of drug-likeness (QED) is 0.248. The number of methoxy groups -OCH3 is 1. The predicted octanol–water partition coefficient (Wildman–Crippen LogP) is 1.74. The molecule has 32 heavy (non-hydrogen) atoms. The number of nitro groups is 1. The Bertz CT molecular complexity index is 1340. The van der Waals surface area contributed by atoms with Crippen molar-refractivity contribution in [2.45, 2.75) is 6.54 Å². The number of benzene rings is 2. The maximum atomic E-state index is 12.6. The van der Waals surface area contributed by atoms with Crippen LogP contribution in [0.5, 0.6) is 5.75 Å². The van der Waals surface area contributed by atoms with Crippen molar-refractivity contribution in [1.29, 1.82) is 0 Å². The van der Waals surface area contributed by atoms with Gasteiger partial charge in [-0.05, 0) is 28.5 Å². The summed E-state index contributed by atoms with van der Waals surface area (Å²) in [6.45, 7) is -0.161. The lowest BCUT2D eigenvalue weighted by molar-refractivity contribution is -0.385. The normalized spacial score (nSPS) is 11.2. The highest BCUT2D eigenvalue weighted by Gasteiger charge is 2.21. The number of anilines is 1. The number of nitrogen functional groups attached to an aromatic ring is 1. The Morgan fingerprint density at radius 2 is 2.12 bits per heavy atom. The number of ether oxygens (including phenoxy) is 1. The van der Waals surface area contributed by atoms with E-state index in [-0.39, 0.29) is 29.5 Å². The fourth-order valence-corrected chi connectivity index (χ4v) is 3.13. The largest absolute Gasteiger partial charge is 0.490 e. The van der Waals surface area contributed by atoms with Gasteiger partial charge in [0.2, 0.25) is 5.75 Å². The predicted molar refractivity (Wildman–Crippen MR) is 113 cm³/mol. The van der Waals surface area contributed by atoms with Gasteiger partial charge in [0.25, 0.3) is 5.91 Å². The first-order chi connectivity index (χ1) is 15.5. The number of hydrazone groups is 1. The average Bonchev–Trinajstić information content (AvgIpc) is 3.36. The van der Waals surface area contributed by atoms with Gasteiger partial charge in [0.05, 0.1) is 29.3 Å². The fraction of sp³-hybridized carbons (Fsp3) is 0.105. The number of aromatic nitrogens is 4. The van der Waals surface area contributed by atoms with Crippen molar-refractivity contribution >= 4 is 34.7 Å². The molecule has 0 saturated heterocycles. The van der Waals surface area contributed by atoms with Crippen LogP contribution in [0.25, 0.3) is 22.6 Å². The van der Waals surface area contributed by atoms with Gasteiger partial charge < -0.3 is 15.0 Å². The van der Waals surface area contributed by atoms with Crippen LogP contribution in [0.2, 0.25) is 0 Å². The molecule has 0 aliphatic heterocycles. The Hall–Kier alpha value is -4.81. The van der Waals surface area contributed by atoms with Gasteiger partial charge in [-0.15, -0.1) is 0 Å². The molecule has 2 aromatic carbocycles. The number of carbonyl (C=O) groups excluding carboxylic acids is 1. The van der Waals surface area contributed by atoms with Crippen LogP contribution in [-0.4, -0.2) is 44.0 Å². The lowest BCUT2D eigenvalue weighted by atomic mass is 10.2. The Kier molecular flexibility index (Phi) is 5.44. The summed E-state index contributed by atoms with van der Waals surface area (Å²) in [6, 6.07) is 11.6. The molecule has 0 saturated carbocycles. The first kappa shape index (κ1) is 20.5. The number of nitro benzene ring substituents is 1. The summed E-state index contributed by atoms with van der Waals surface area (Å²) in [5.74, 6) is -0.0975. The van der Waals surface area contributed by atoms with Crippen LogP contribution in [-0.2, 0) is 11.3 Å². The molecular formula is C19H16N8O5. The molecule has 3 N–H and O–H groups in total. The van der Waals surface area contributed by atoms with E-state index in [0.717, 1.165) is 0 Å². The van der Waals surface area contributed by atoms with Crippen LogP contribution in [0.4, 0.5) is 11.5 Å². The summed E-state index contributed by atoms with van der Waals surface area (Å²) in [4.78, 5) is 27.6. The fourth-order valence-electron chi connectivity index (χ4n) is 3.13. The summed E-state index contributed by atoms with van der Waals surface area (Å²) in [5.41, 5.74) is 9.81. The number of nitrogens with one attached hydrogen (secondary N) is 1. The first-order valence-corrected chi connectivity index (χ1v) is 9.16. The molecule has 1 amide bonds. The summed E-state index contributed by atoms with van der Waals surface area (Å²) in [7, 11) is 1.31. The highest BCUT2D eigenvalue weighted by molar-refractivity contribution is 5.88. The number of hydrogen-bond donors (Lipinski definition) is 2. The highest BCUT2D eigenvalue weighted by atomic mass is 16.6.